The minimum absolute atomic E-state index is 0.900. The Labute approximate surface area is 264 Å². The van der Waals surface area contributed by atoms with E-state index in [4.69, 9.17) is 0 Å². The van der Waals surface area contributed by atoms with Gasteiger partial charge in [-0.3, -0.25) is 0 Å². The van der Waals surface area contributed by atoms with Crippen molar-refractivity contribution in [2.45, 2.75) is 27.2 Å². The summed E-state index contributed by atoms with van der Waals surface area (Å²) in [5.74, 6) is 3.03. The molecule has 7 aromatic rings. The first-order valence-electron chi connectivity index (χ1n) is 15.4. The van der Waals surface area contributed by atoms with Gasteiger partial charge < -0.3 is 13.7 Å². The lowest BCUT2D eigenvalue weighted by Gasteiger charge is -2.14. The molecule has 0 saturated carbocycles. The number of hydrogen-bond acceptors (Lipinski definition) is 3. The van der Waals surface area contributed by atoms with E-state index in [-0.39, 0.29) is 0 Å². The van der Waals surface area contributed by atoms with Crippen molar-refractivity contribution in [1.82, 2.24) is 28.7 Å². The van der Waals surface area contributed by atoms with Crippen LogP contribution in [-0.4, -0.2) is 28.7 Å². The zero-order valence-corrected chi connectivity index (χ0v) is 26.4. The fraction of sp³-hybridized carbons (Fsp3) is 0.154. The van der Waals surface area contributed by atoms with Crippen molar-refractivity contribution in [3.8, 4) is 61.6 Å². The van der Waals surface area contributed by atoms with Crippen LogP contribution >= 0.6 is 0 Å². The lowest BCUT2D eigenvalue weighted by Crippen LogP contribution is -1.98. The van der Waals surface area contributed by atoms with Gasteiger partial charge in [0.05, 0.1) is 23.8 Å². The Balaban J connectivity index is 1.39. The summed E-state index contributed by atoms with van der Waals surface area (Å²) < 4.78 is 6.45. The maximum Gasteiger partial charge on any atom is 0.110 e. The summed E-state index contributed by atoms with van der Waals surface area (Å²) in [5, 5.41) is 0. The SMILES string of the molecule is CCc1ncc(-c2cccc(-c3cc(-c4cccc(-c5cnc(C)n5C)c4)cc(-c4cccc(-n5ccnc5C)c4)c3)c2)n1C. The molecule has 3 heterocycles. The first-order valence-corrected chi connectivity index (χ1v) is 15.4. The van der Waals surface area contributed by atoms with Gasteiger partial charge in [-0.05, 0) is 89.7 Å². The third kappa shape index (κ3) is 5.29. The van der Waals surface area contributed by atoms with Crippen LogP contribution in [0.5, 0.6) is 0 Å². The van der Waals surface area contributed by atoms with Gasteiger partial charge in [0.25, 0.3) is 0 Å². The smallest absolute Gasteiger partial charge is 0.110 e. The fourth-order valence-electron chi connectivity index (χ4n) is 6.14. The second-order valence-electron chi connectivity index (χ2n) is 11.6. The van der Waals surface area contributed by atoms with E-state index in [0.717, 1.165) is 85.5 Å². The number of nitrogens with zero attached hydrogens (tertiary/aromatic N) is 6. The third-order valence-corrected chi connectivity index (χ3v) is 8.82. The highest BCUT2D eigenvalue weighted by Crippen LogP contribution is 2.36. The van der Waals surface area contributed by atoms with Crippen LogP contribution in [0.1, 0.15) is 24.4 Å². The van der Waals surface area contributed by atoms with E-state index in [1.807, 2.05) is 38.6 Å². The Morgan fingerprint density at radius 2 is 1.04 bits per heavy atom. The van der Waals surface area contributed by atoms with Crippen LogP contribution in [0.4, 0.5) is 0 Å². The van der Waals surface area contributed by atoms with Crippen LogP contribution in [0.25, 0.3) is 61.6 Å². The first-order chi connectivity index (χ1) is 21.9. The number of aryl methyl sites for hydroxylation is 3. The Morgan fingerprint density at radius 3 is 1.56 bits per heavy atom. The zero-order valence-electron chi connectivity index (χ0n) is 26.4. The molecule has 0 amide bonds. The summed E-state index contributed by atoms with van der Waals surface area (Å²) in [5.41, 5.74) is 12.6. The van der Waals surface area contributed by atoms with E-state index in [1.165, 1.54) is 0 Å². The summed E-state index contributed by atoms with van der Waals surface area (Å²) in [7, 11) is 4.16. The summed E-state index contributed by atoms with van der Waals surface area (Å²) in [4.78, 5) is 13.6. The molecule has 3 aromatic heterocycles. The average Bonchev–Trinajstić information content (AvgIpc) is 3.78. The number of benzene rings is 4. The van der Waals surface area contributed by atoms with Crippen LogP contribution < -0.4 is 0 Å². The van der Waals surface area contributed by atoms with Gasteiger partial charge in [-0.25, -0.2) is 15.0 Å². The van der Waals surface area contributed by atoms with Crippen molar-refractivity contribution < 1.29 is 0 Å². The summed E-state index contributed by atoms with van der Waals surface area (Å²) in [6.07, 6.45) is 8.69. The van der Waals surface area contributed by atoms with Crippen LogP contribution in [-0.2, 0) is 20.5 Å². The van der Waals surface area contributed by atoms with Crippen LogP contribution in [0.3, 0.4) is 0 Å². The summed E-state index contributed by atoms with van der Waals surface area (Å²) >= 11 is 0. The van der Waals surface area contributed by atoms with Gasteiger partial charge in [-0.1, -0.05) is 55.5 Å². The predicted molar refractivity (Wildman–Crippen MR) is 183 cm³/mol. The molecule has 6 heteroatoms. The molecule has 0 atom stereocenters. The van der Waals surface area contributed by atoms with E-state index in [1.54, 1.807) is 0 Å². The number of aromatic nitrogens is 6. The fourth-order valence-corrected chi connectivity index (χ4v) is 6.14. The molecule has 0 aliphatic heterocycles. The highest BCUT2D eigenvalue weighted by atomic mass is 15.1. The second-order valence-corrected chi connectivity index (χ2v) is 11.6. The predicted octanol–water partition coefficient (Wildman–Crippen LogP) is 8.85. The van der Waals surface area contributed by atoms with Crippen LogP contribution in [0, 0.1) is 13.8 Å². The van der Waals surface area contributed by atoms with E-state index >= 15 is 0 Å². The molecule has 0 aliphatic carbocycles. The van der Waals surface area contributed by atoms with Gasteiger partial charge in [-0.15, -0.1) is 0 Å². The van der Waals surface area contributed by atoms with Gasteiger partial charge in [0.2, 0.25) is 0 Å². The van der Waals surface area contributed by atoms with Crippen LogP contribution in [0.15, 0.2) is 116 Å². The van der Waals surface area contributed by atoms with Crippen molar-refractivity contribution in [3.63, 3.8) is 0 Å². The van der Waals surface area contributed by atoms with Gasteiger partial charge in [0.1, 0.15) is 17.5 Å². The molecule has 0 bridgehead atoms. The summed E-state index contributed by atoms with van der Waals surface area (Å²) in [6, 6.07) is 33.1. The third-order valence-electron chi connectivity index (χ3n) is 8.82. The molecule has 6 nitrogen and oxygen atoms in total. The molecule has 0 unspecified atom stereocenters. The van der Waals surface area contributed by atoms with Crippen molar-refractivity contribution in [2.75, 3.05) is 0 Å². The Hall–Kier alpha value is -5.49. The quantitative estimate of drug-likeness (QED) is 0.187. The van der Waals surface area contributed by atoms with E-state index < -0.39 is 0 Å². The van der Waals surface area contributed by atoms with E-state index in [9.17, 15) is 0 Å². The van der Waals surface area contributed by atoms with Crippen LogP contribution in [0.2, 0.25) is 0 Å². The lowest BCUT2D eigenvalue weighted by atomic mass is 9.92. The molecule has 0 aliphatic rings. The average molecular weight is 589 g/mol. The number of rotatable bonds is 7. The van der Waals surface area contributed by atoms with Crippen molar-refractivity contribution in [3.05, 3.63) is 133 Å². The molecule has 0 N–H and O–H groups in total. The van der Waals surface area contributed by atoms with Gasteiger partial charge in [-0.2, -0.15) is 0 Å². The Bertz CT molecular complexity index is 2160. The summed E-state index contributed by atoms with van der Waals surface area (Å²) in [6.45, 7) is 6.20. The van der Waals surface area contributed by atoms with Crippen molar-refractivity contribution in [1.29, 1.82) is 0 Å². The zero-order chi connectivity index (χ0) is 31.1. The molecule has 4 aromatic carbocycles. The first kappa shape index (κ1) is 28.3. The minimum Gasteiger partial charge on any atom is -0.331 e. The largest absolute Gasteiger partial charge is 0.331 e. The minimum atomic E-state index is 0.900. The van der Waals surface area contributed by atoms with Gasteiger partial charge in [0.15, 0.2) is 0 Å². The van der Waals surface area contributed by atoms with Gasteiger partial charge in [0, 0.05) is 49.7 Å². The maximum absolute atomic E-state index is 4.65. The van der Waals surface area contributed by atoms with Crippen molar-refractivity contribution >= 4 is 0 Å². The van der Waals surface area contributed by atoms with E-state index in [2.05, 4.69) is 141 Å². The van der Waals surface area contributed by atoms with E-state index in [0.29, 0.717) is 0 Å². The lowest BCUT2D eigenvalue weighted by molar-refractivity contribution is 0.813. The number of hydrogen-bond donors (Lipinski definition) is 0. The molecule has 222 valence electrons. The molecular formula is C39H36N6. The van der Waals surface area contributed by atoms with Gasteiger partial charge >= 0.3 is 0 Å². The Morgan fingerprint density at radius 1 is 0.533 bits per heavy atom. The monoisotopic (exact) mass is 588 g/mol. The normalized spacial score (nSPS) is 11.3. The second kappa shape index (κ2) is 11.5. The molecule has 0 saturated heterocycles. The molecule has 45 heavy (non-hydrogen) atoms. The number of imidazole rings is 3. The molecule has 0 spiro atoms. The standard InChI is InChI=1S/C39H36N6/c1-6-39-42-25-38(44(39)5)32-14-8-11-29(19-32)34-20-33(28-10-7-13-31(18-28)37-24-41-26(2)43(37)4)21-35(22-34)30-12-9-15-36(23-30)45-17-16-40-27(45)3/h7-25H,6H2,1-5H3. The Kier molecular flexibility index (Phi) is 7.26. The molecular weight excluding hydrogens is 552 g/mol. The topological polar surface area (TPSA) is 53.5 Å². The van der Waals surface area contributed by atoms with Crippen molar-refractivity contribution in [2.24, 2.45) is 14.1 Å². The molecule has 0 fully saturated rings. The molecule has 7 rings (SSSR count). The molecule has 0 radical (unpaired) electrons. The maximum atomic E-state index is 4.65. The highest BCUT2D eigenvalue weighted by Gasteiger charge is 2.13. The highest BCUT2D eigenvalue weighted by molar-refractivity contribution is 5.84.